The summed E-state index contributed by atoms with van der Waals surface area (Å²) in [4.78, 5) is 14.5. The van der Waals surface area contributed by atoms with Gasteiger partial charge in [0, 0.05) is 25.2 Å². The van der Waals surface area contributed by atoms with Gasteiger partial charge in [0.15, 0.2) is 0 Å². The van der Waals surface area contributed by atoms with Crippen molar-refractivity contribution in [1.29, 1.82) is 0 Å². The smallest absolute Gasteiger partial charge is 0.227 e. The van der Waals surface area contributed by atoms with E-state index < -0.39 is 0 Å². The Kier molecular flexibility index (Phi) is 4.59. The molecule has 0 aromatic heterocycles. The maximum atomic E-state index is 12.4. The Bertz CT molecular complexity index is 416. The van der Waals surface area contributed by atoms with Gasteiger partial charge in [0.05, 0.1) is 6.42 Å². The minimum Gasteiger partial charge on any atom is -0.337 e. The largest absolute Gasteiger partial charge is 0.337 e. The van der Waals surface area contributed by atoms with E-state index in [1.807, 2.05) is 35.2 Å². The average Bonchev–Trinajstić information content (AvgIpc) is 2.40. The number of amides is 1. The molecule has 0 aliphatic carbocycles. The second kappa shape index (κ2) is 6.20. The summed E-state index contributed by atoms with van der Waals surface area (Å²) in [7, 11) is 0. The van der Waals surface area contributed by atoms with E-state index in [1.54, 1.807) is 0 Å². The van der Waals surface area contributed by atoms with E-state index in [0.717, 1.165) is 18.7 Å². The molecule has 19 heavy (non-hydrogen) atoms. The van der Waals surface area contributed by atoms with Crippen LogP contribution in [0.3, 0.4) is 0 Å². The molecule has 2 atom stereocenters. The van der Waals surface area contributed by atoms with Crippen LogP contribution in [0.2, 0.25) is 0 Å². The Morgan fingerprint density at radius 2 is 2.05 bits per heavy atom. The summed E-state index contributed by atoms with van der Waals surface area (Å²) in [6.07, 6.45) is 0.510. The number of carbonyl (C=O) groups excluding carboxylic acids is 1. The molecule has 2 unspecified atom stereocenters. The normalized spacial score (nSPS) is 23.7. The first-order valence-electron chi connectivity index (χ1n) is 7.14. The van der Waals surface area contributed by atoms with Gasteiger partial charge in [-0.25, -0.2) is 0 Å². The van der Waals surface area contributed by atoms with Gasteiger partial charge in [-0.3, -0.25) is 4.79 Å². The first-order valence-corrected chi connectivity index (χ1v) is 7.14. The SMILES string of the molecule is CC(C)C1CN(C(=O)Cc2ccccc2)C(C)CN1. The lowest BCUT2D eigenvalue weighted by Crippen LogP contribution is -2.59. The fourth-order valence-corrected chi connectivity index (χ4v) is 2.55. The molecule has 1 aliphatic rings. The van der Waals surface area contributed by atoms with E-state index >= 15 is 0 Å². The molecule has 1 saturated heterocycles. The summed E-state index contributed by atoms with van der Waals surface area (Å²) in [5.74, 6) is 0.797. The predicted octanol–water partition coefficient (Wildman–Crippen LogP) is 2.07. The van der Waals surface area contributed by atoms with E-state index in [0.29, 0.717) is 18.4 Å². The van der Waals surface area contributed by atoms with Crippen molar-refractivity contribution in [2.75, 3.05) is 13.1 Å². The lowest BCUT2D eigenvalue weighted by atomic mass is 9.99. The second-order valence-electron chi connectivity index (χ2n) is 5.82. The fraction of sp³-hybridized carbons (Fsp3) is 0.562. The number of rotatable bonds is 3. The standard InChI is InChI=1S/C16H24N2O/c1-12(2)15-11-18(13(3)10-17-15)16(19)9-14-7-5-4-6-8-14/h4-8,12-13,15,17H,9-11H2,1-3H3. The van der Waals surface area contributed by atoms with Crippen LogP contribution in [-0.2, 0) is 11.2 Å². The van der Waals surface area contributed by atoms with Gasteiger partial charge in [0.1, 0.15) is 0 Å². The molecule has 3 heteroatoms. The monoisotopic (exact) mass is 260 g/mol. The molecule has 1 aromatic carbocycles. The molecular weight excluding hydrogens is 236 g/mol. The van der Waals surface area contributed by atoms with E-state index in [2.05, 4.69) is 26.1 Å². The van der Waals surface area contributed by atoms with E-state index in [4.69, 9.17) is 0 Å². The highest BCUT2D eigenvalue weighted by molar-refractivity contribution is 5.79. The van der Waals surface area contributed by atoms with Crippen molar-refractivity contribution >= 4 is 5.91 Å². The van der Waals surface area contributed by atoms with Crippen molar-refractivity contribution in [3.63, 3.8) is 0 Å². The molecule has 1 aliphatic heterocycles. The van der Waals surface area contributed by atoms with Crippen molar-refractivity contribution in [1.82, 2.24) is 10.2 Å². The Morgan fingerprint density at radius 3 is 2.68 bits per heavy atom. The number of nitrogens with zero attached hydrogens (tertiary/aromatic N) is 1. The molecule has 1 heterocycles. The van der Waals surface area contributed by atoms with Crippen LogP contribution in [0.1, 0.15) is 26.3 Å². The maximum Gasteiger partial charge on any atom is 0.227 e. The molecule has 3 nitrogen and oxygen atoms in total. The quantitative estimate of drug-likeness (QED) is 0.902. The van der Waals surface area contributed by atoms with Gasteiger partial charge >= 0.3 is 0 Å². The van der Waals surface area contributed by atoms with Crippen LogP contribution in [0.4, 0.5) is 0 Å². The van der Waals surface area contributed by atoms with Gasteiger partial charge in [-0.15, -0.1) is 0 Å². The van der Waals surface area contributed by atoms with Crippen molar-refractivity contribution in [2.24, 2.45) is 5.92 Å². The van der Waals surface area contributed by atoms with Crippen LogP contribution in [-0.4, -0.2) is 36.0 Å². The lowest BCUT2D eigenvalue weighted by Gasteiger charge is -2.40. The van der Waals surface area contributed by atoms with Crippen molar-refractivity contribution < 1.29 is 4.79 Å². The van der Waals surface area contributed by atoms with Gasteiger partial charge in [-0.2, -0.15) is 0 Å². The third-order valence-corrected chi connectivity index (χ3v) is 3.92. The Labute approximate surface area is 116 Å². The van der Waals surface area contributed by atoms with E-state index in [9.17, 15) is 4.79 Å². The zero-order valence-corrected chi connectivity index (χ0v) is 12.1. The number of hydrogen-bond acceptors (Lipinski definition) is 2. The summed E-state index contributed by atoms with van der Waals surface area (Å²) in [5.41, 5.74) is 1.10. The van der Waals surface area contributed by atoms with Crippen LogP contribution in [0.25, 0.3) is 0 Å². The van der Waals surface area contributed by atoms with Gasteiger partial charge in [-0.05, 0) is 18.4 Å². The zero-order chi connectivity index (χ0) is 13.8. The number of carbonyl (C=O) groups is 1. The Balaban J connectivity index is 2.00. The molecule has 1 amide bonds. The number of piperazine rings is 1. The van der Waals surface area contributed by atoms with Crippen LogP contribution in [0.5, 0.6) is 0 Å². The van der Waals surface area contributed by atoms with Crippen molar-refractivity contribution in [3.05, 3.63) is 35.9 Å². The molecular formula is C16H24N2O. The molecule has 0 spiro atoms. The Morgan fingerprint density at radius 1 is 1.37 bits per heavy atom. The second-order valence-corrected chi connectivity index (χ2v) is 5.82. The van der Waals surface area contributed by atoms with Crippen LogP contribution >= 0.6 is 0 Å². The first kappa shape index (κ1) is 14.1. The highest BCUT2D eigenvalue weighted by Crippen LogP contribution is 2.14. The van der Waals surface area contributed by atoms with E-state index in [1.165, 1.54) is 0 Å². The fourth-order valence-electron chi connectivity index (χ4n) is 2.55. The minimum absolute atomic E-state index is 0.242. The molecule has 0 bridgehead atoms. The summed E-state index contributed by atoms with van der Waals surface area (Å²) in [5, 5.41) is 3.52. The summed E-state index contributed by atoms with van der Waals surface area (Å²) >= 11 is 0. The van der Waals surface area contributed by atoms with Crippen LogP contribution in [0, 0.1) is 5.92 Å². The highest BCUT2D eigenvalue weighted by atomic mass is 16.2. The number of nitrogens with one attached hydrogen (secondary N) is 1. The third-order valence-electron chi connectivity index (χ3n) is 3.92. The molecule has 0 radical (unpaired) electrons. The van der Waals surface area contributed by atoms with E-state index in [-0.39, 0.29) is 11.9 Å². The highest BCUT2D eigenvalue weighted by Gasteiger charge is 2.29. The molecule has 1 N–H and O–H groups in total. The minimum atomic E-state index is 0.242. The first-order chi connectivity index (χ1) is 9.08. The van der Waals surface area contributed by atoms with Gasteiger partial charge < -0.3 is 10.2 Å². The van der Waals surface area contributed by atoms with Gasteiger partial charge in [-0.1, -0.05) is 44.2 Å². The summed E-state index contributed by atoms with van der Waals surface area (Å²) in [6.45, 7) is 8.24. The third kappa shape index (κ3) is 3.57. The van der Waals surface area contributed by atoms with Crippen molar-refractivity contribution in [3.8, 4) is 0 Å². The molecule has 104 valence electrons. The van der Waals surface area contributed by atoms with Crippen LogP contribution < -0.4 is 5.32 Å². The number of hydrogen-bond donors (Lipinski definition) is 1. The van der Waals surface area contributed by atoms with Gasteiger partial charge in [0.2, 0.25) is 5.91 Å². The van der Waals surface area contributed by atoms with Gasteiger partial charge in [0.25, 0.3) is 0 Å². The molecule has 1 aromatic rings. The predicted molar refractivity (Wildman–Crippen MR) is 77.9 cm³/mol. The van der Waals surface area contributed by atoms with Crippen molar-refractivity contribution in [2.45, 2.75) is 39.3 Å². The zero-order valence-electron chi connectivity index (χ0n) is 12.1. The average molecular weight is 260 g/mol. The Hall–Kier alpha value is -1.35. The molecule has 2 rings (SSSR count). The maximum absolute atomic E-state index is 12.4. The number of benzene rings is 1. The van der Waals surface area contributed by atoms with Crippen LogP contribution in [0.15, 0.2) is 30.3 Å². The lowest BCUT2D eigenvalue weighted by molar-refractivity contribution is -0.134. The topological polar surface area (TPSA) is 32.3 Å². The summed E-state index contributed by atoms with van der Waals surface area (Å²) < 4.78 is 0. The summed E-state index contributed by atoms with van der Waals surface area (Å²) in [6, 6.07) is 10.7. The molecule has 0 saturated carbocycles. The molecule has 1 fully saturated rings.